The molecule has 3 aromatic rings. The Morgan fingerprint density at radius 2 is 2.00 bits per heavy atom. The van der Waals surface area contributed by atoms with Crippen molar-refractivity contribution in [1.29, 1.82) is 0 Å². The predicted octanol–water partition coefficient (Wildman–Crippen LogP) is 3.37. The molecule has 0 saturated carbocycles. The fraction of sp³-hybridized carbons (Fsp3) is 0.222. The summed E-state index contributed by atoms with van der Waals surface area (Å²) in [5.74, 6) is 0.264. The average molecular weight is 388 g/mol. The molecule has 2 aromatic carbocycles. The average Bonchev–Trinajstić information content (AvgIpc) is 3.10. The lowest BCUT2D eigenvalue weighted by Crippen LogP contribution is -2.27. The molecule has 26 heavy (non-hydrogen) atoms. The molecule has 0 radical (unpaired) electrons. The topological polar surface area (TPSA) is 63.9 Å². The number of aromatic nitrogens is 4. The Bertz CT molecular complexity index is 897. The van der Waals surface area contributed by atoms with Crippen LogP contribution in [0.1, 0.15) is 11.1 Å². The van der Waals surface area contributed by atoms with E-state index in [4.69, 9.17) is 11.6 Å². The molecule has 1 aromatic heterocycles. The van der Waals surface area contributed by atoms with Gasteiger partial charge in [-0.25, -0.2) is 0 Å². The summed E-state index contributed by atoms with van der Waals surface area (Å²) < 4.78 is 1.57. The number of halogens is 1. The molecular weight excluding hydrogens is 370 g/mol. The van der Waals surface area contributed by atoms with E-state index in [0.717, 1.165) is 11.3 Å². The molecule has 0 N–H and O–H groups in total. The van der Waals surface area contributed by atoms with Crippen molar-refractivity contribution in [2.75, 3.05) is 12.8 Å². The van der Waals surface area contributed by atoms with Crippen molar-refractivity contribution < 1.29 is 4.79 Å². The van der Waals surface area contributed by atoms with Crippen LogP contribution in [0.25, 0.3) is 5.69 Å². The summed E-state index contributed by atoms with van der Waals surface area (Å²) in [6.07, 6.45) is 0. The molecule has 1 amide bonds. The molecule has 0 bridgehead atoms. The molecule has 0 aliphatic rings. The van der Waals surface area contributed by atoms with Crippen LogP contribution >= 0.6 is 23.4 Å². The van der Waals surface area contributed by atoms with Gasteiger partial charge < -0.3 is 4.90 Å². The van der Waals surface area contributed by atoms with Crippen molar-refractivity contribution in [2.45, 2.75) is 18.6 Å². The van der Waals surface area contributed by atoms with Crippen molar-refractivity contribution in [2.24, 2.45) is 0 Å². The second kappa shape index (κ2) is 8.33. The van der Waals surface area contributed by atoms with Crippen molar-refractivity contribution in [3.8, 4) is 5.69 Å². The smallest absolute Gasteiger partial charge is 0.233 e. The Morgan fingerprint density at radius 1 is 1.23 bits per heavy atom. The van der Waals surface area contributed by atoms with E-state index < -0.39 is 0 Å². The van der Waals surface area contributed by atoms with E-state index in [9.17, 15) is 4.79 Å². The first kappa shape index (κ1) is 18.4. The van der Waals surface area contributed by atoms with E-state index in [1.165, 1.54) is 17.3 Å². The van der Waals surface area contributed by atoms with Crippen molar-refractivity contribution in [1.82, 2.24) is 25.1 Å². The summed E-state index contributed by atoms with van der Waals surface area (Å²) in [5, 5.41) is 12.8. The first-order valence-electron chi connectivity index (χ1n) is 7.99. The van der Waals surface area contributed by atoms with Gasteiger partial charge in [0.25, 0.3) is 0 Å². The van der Waals surface area contributed by atoms with Gasteiger partial charge in [0.1, 0.15) is 0 Å². The number of rotatable bonds is 6. The second-order valence-electron chi connectivity index (χ2n) is 5.88. The minimum absolute atomic E-state index is 0.0104. The highest BCUT2D eigenvalue weighted by Gasteiger charge is 2.14. The summed E-state index contributed by atoms with van der Waals surface area (Å²) in [6, 6.07) is 15.4. The molecule has 1 heterocycles. The molecule has 134 valence electrons. The molecule has 0 spiro atoms. The number of tetrazole rings is 1. The molecule has 0 saturated heterocycles. The van der Waals surface area contributed by atoms with Crippen LogP contribution in [0.2, 0.25) is 5.02 Å². The summed E-state index contributed by atoms with van der Waals surface area (Å²) in [6.45, 7) is 2.61. The van der Waals surface area contributed by atoms with Crippen LogP contribution < -0.4 is 0 Å². The standard InChI is InChI=1S/C18H18ClN5OS/c1-13-6-8-14(9-7-13)11-23(2)17(25)12-26-18-20-21-22-24(18)16-5-3-4-15(19)10-16/h3-10H,11-12H2,1-2H3. The van der Waals surface area contributed by atoms with Gasteiger partial charge in [0.15, 0.2) is 0 Å². The lowest BCUT2D eigenvalue weighted by molar-refractivity contribution is -0.127. The van der Waals surface area contributed by atoms with Crippen molar-refractivity contribution >= 4 is 29.3 Å². The number of amides is 1. The van der Waals surface area contributed by atoms with Crippen LogP contribution in [0.5, 0.6) is 0 Å². The third kappa shape index (κ3) is 4.62. The van der Waals surface area contributed by atoms with Gasteiger partial charge in [-0.15, -0.1) is 5.10 Å². The van der Waals surface area contributed by atoms with E-state index in [-0.39, 0.29) is 11.7 Å². The maximum atomic E-state index is 12.4. The fourth-order valence-electron chi connectivity index (χ4n) is 2.33. The normalized spacial score (nSPS) is 10.7. The van der Waals surface area contributed by atoms with Gasteiger partial charge in [-0.05, 0) is 41.1 Å². The van der Waals surface area contributed by atoms with Crippen LogP contribution in [-0.4, -0.2) is 43.8 Å². The fourth-order valence-corrected chi connectivity index (χ4v) is 3.35. The number of carbonyl (C=O) groups is 1. The van der Waals surface area contributed by atoms with Gasteiger partial charge in [-0.3, -0.25) is 4.79 Å². The van der Waals surface area contributed by atoms with E-state index in [0.29, 0.717) is 16.7 Å². The van der Waals surface area contributed by atoms with Gasteiger partial charge in [-0.2, -0.15) is 4.68 Å². The van der Waals surface area contributed by atoms with Crippen LogP contribution in [0.3, 0.4) is 0 Å². The predicted molar refractivity (Wildman–Crippen MR) is 103 cm³/mol. The quantitative estimate of drug-likeness (QED) is 0.607. The zero-order valence-electron chi connectivity index (χ0n) is 14.5. The SMILES string of the molecule is Cc1ccc(CN(C)C(=O)CSc2nnnn2-c2cccc(Cl)c2)cc1. The van der Waals surface area contributed by atoms with E-state index in [2.05, 4.69) is 15.5 Å². The lowest BCUT2D eigenvalue weighted by atomic mass is 10.1. The molecule has 0 aliphatic heterocycles. The summed E-state index contributed by atoms with van der Waals surface area (Å²) >= 11 is 7.32. The molecule has 0 fully saturated rings. The van der Waals surface area contributed by atoms with Gasteiger partial charge in [0.05, 0.1) is 11.4 Å². The molecular formula is C18H18ClN5OS. The maximum absolute atomic E-state index is 12.4. The van der Waals surface area contributed by atoms with Crippen molar-refractivity contribution in [3.05, 3.63) is 64.7 Å². The highest BCUT2D eigenvalue weighted by molar-refractivity contribution is 7.99. The minimum atomic E-state index is 0.0104. The largest absolute Gasteiger partial charge is 0.341 e. The third-order valence-electron chi connectivity index (χ3n) is 3.78. The van der Waals surface area contributed by atoms with Gasteiger partial charge in [-0.1, -0.05) is 59.3 Å². The number of benzene rings is 2. The lowest BCUT2D eigenvalue weighted by Gasteiger charge is -2.17. The number of nitrogens with zero attached hydrogens (tertiary/aromatic N) is 5. The van der Waals surface area contributed by atoms with Crippen LogP contribution in [0, 0.1) is 6.92 Å². The zero-order valence-corrected chi connectivity index (χ0v) is 16.0. The van der Waals surface area contributed by atoms with Gasteiger partial charge >= 0.3 is 0 Å². The Balaban J connectivity index is 1.61. The first-order chi connectivity index (χ1) is 12.5. The molecule has 0 aliphatic carbocycles. The molecule has 8 heteroatoms. The number of hydrogen-bond acceptors (Lipinski definition) is 5. The monoisotopic (exact) mass is 387 g/mol. The molecule has 0 atom stereocenters. The second-order valence-corrected chi connectivity index (χ2v) is 7.26. The first-order valence-corrected chi connectivity index (χ1v) is 9.36. The van der Waals surface area contributed by atoms with Gasteiger partial charge in [0, 0.05) is 18.6 Å². The van der Waals surface area contributed by atoms with E-state index in [1.54, 1.807) is 28.8 Å². The van der Waals surface area contributed by atoms with Crippen LogP contribution in [-0.2, 0) is 11.3 Å². The van der Waals surface area contributed by atoms with Crippen LogP contribution in [0.15, 0.2) is 53.7 Å². The van der Waals surface area contributed by atoms with E-state index in [1.807, 2.05) is 43.3 Å². The van der Waals surface area contributed by atoms with Crippen molar-refractivity contribution in [3.63, 3.8) is 0 Å². The maximum Gasteiger partial charge on any atom is 0.233 e. The number of thioether (sulfide) groups is 1. The number of aryl methyl sites for hydroxylation is 1. The Morgan fingerprint density at radius 3 is 2.73 bits per heavy atom. The Kier molecular flexibility index (Phi) is 5.90. The number of carbonyl (C=O) groups excluding carboxylic acids is 1. The minimum Gasteiger partial charge on any atom is -0.341 e. The molecule has 0 unspecified atom stereocenters. The highest BCUT2D eigenvalue weighted by Crippen LogP contribution is 2.21. The third-order valence-corrected chi connectivity index (χ3v) is 4.92. The van der Waals surface area contributed by atoms with E-state index >= 15 is 0 Å². The summed E-state index contributed by atoms with van der Waals surface area (Å²) in [7, 11) is 1.79. The Hall–Kier alpha value is -2.38. The highest BCUT2D eigenvalue weighted by atomic mass is 35.5. The van der Waals surface area contributed by atoms with Crippen LogP contribution in [0.4, 0.5) is 0 Å². The summed E-state index contributed by atoms with van der Waals surface area (Å²) in [4.78, 5) is 14.1. The molecule has 3 rings (SSSR count). The number of hydrogen-bond donors (Lipinski definition) is 0. The summed E-state index contributed by atoms with van der Waals surface area (Å²) in [5.41, 5.74) is 3.05. The zero-order chi connectivity index (χ0) is 18.5. The Labute approximate surface area is 161 Å². The molecule has 6 nitrogen and oxygen atoms in total. The van der Waals surface area contributed by atoms with Gasteiger partial charge in [0.2, 0.25) is 11.1 Å².